The van der Waals surface area contributed by atoms with Crippen LogP contribution in [0.1, 0.15) is 17.4 Å². The number of sulfonamides is 1. The average molecular weight is 443 g/mol. The van der Waals surface area contributed by atoms with Gasteiger partial charge in [0.2, 0.25) is 0 Å². The summed E-state index contributed by atoms with van der Waals surface area (Å²) in [7, 11) is -2.68. The van der Waals surface area contributed by atoms with E-state index in [0.29, 0.717) is 18.0 Å². The first kappa shape index (κ1) is 21.8. The van der Waals surface area contributed by atoms with Crippen molar-refractivity contribution >= 4 is 33.1 Å². The minimum absolute atomic E-state index is 0.0430. The van der Waals surface area contributed by atoms with E-state index in [1.54, 1.807) is 24.3 Å². The molecule has 0 aliphatic carbocycles. The molecule has 0 aliphatic rings. The maximum absolute atomic E-state index is 13.0. The Labute approximate surface area is 179 Å². The molecule has 0 fully saturated rings. The van der Waals surface area contributed by atoms with Gasteiger partial charge in [-0.15, -0.1) is 0 Å². The highest BCUT2D eigenvalue weighted by Crippen LogP contribution is 2.29. The van der Waals surface area contributed by atoms with Gasteiger partial charge in [0.05, 0.1) is 13.7 Å². The summed E-state index contributed by atoms with van der Waals surface area (Å²) in [6, 6.07) is 10.7. The van der Waals surface area contributed by atoms with Crippen LogP contribution in [0.3, 0.4) is 0 Å². The molecule has 1 aromatic heterocycles. The fourth-order valence-electron chi connectivity index (χ4n) is 2.67. The summed E-state index contributed by atoms with van der Waals surface area (Å²) in [4.78, 5) is 20.0. The summed E-state index contributed by atoms with van der Waals surface area (Å²) in [6.07, 6.45) is 2.69. The summed E-state index contributed by atoms with van der Waals surface area (Å²) in [5.74, 6) is 0.0589. The van der Waals surface area contributed by atoms with E-state index >= 15 is 0 Å². The van der Waals surface area contributed by atoms with Gasteiger partial charge < -0.3 is 20.5 Å². The molecule has 0 unspecified atom stereocenters. The first-order valence-electron chi connectivity index (χ1n) is 9.15. The second kappa shape index (κ2) is 9.30. The molecule has 3 rings (SSSR count). The number of anilines is 3. The van der Waals surface area contributed by atoms with Crippen LogP contribution in [-0.4, -0.2) is 38.0 Å². The molecule has 10 nitrogen and oxygen atoms in total. The van der Waals surface area contributed by atoms with E-state index in [2.05, 4.69) is 20.0 Å². The molecule has 4 N–H and O–H groups in total. The lowest BCUT2D eigenvalue weighted by Gasteiger charge is -2.14. The molecule has 3 aromatic rings. The van der Waals surface area contributed by atoms with Gasteiger partial charge in [-0.2, -0.15) is 0 Å². The maximum Gasteiger partial charge on any atom is 0.278 e. The van der Waals surface area contributed by atoms with E-state index in [0.717, 1.165) is 0 Å². The van der Waals surface area contributed by atoms with Gasteiger partial charge in [0, 0.05) is 23.8 Å². The second-order valence-corrected chi connectivity index (χ2v) is 7.82. The van der Waals surface area contributed by atoms with Crippen molar-refractivity contribution < 1.29 is 22.7 Å². The van der Waals surface area contributed by atoms with Crippen molar-refractivity contribution in [3.05, 3.63) is 60.6 Å². The molecule has 2 aromatic carbocycles. The summed E-state index contributed by atoms with van der Waals surface area (Å²) < 4.78 is 39.0. The molecule has 0 bridgehead atoms. The van der Waals surface area contributed by atoms with Crippen LogP contribution in [-0.2, 0) is 10.0 Å². The third-order valence-corrected chi connectivity index (χ3v) is 5.47. The number of aromatic nitrogens is 2. The van der Waals surface area contributed by atoms with Crippen LogP contribution in [0, 0.1) is 0 Å². The fraction of sp³-hybridized carbons (Fsp3) is 0.150. The van der Waals surface area contributed by atoms with Crippen molar-refractivity contribution in [2.45, 2.75) is 11.8 Å². The van der Waals surface area contributed by atoms with Gasteiger partial charge in [-0.1, -0.05) is 0 Å². The highest BCUT2D eigenvalue weighted by atomic mass is 32.2. The zero-order valence-electron chi connectivity index (χ0n) is 16.8. The number of rotatable bonds is 8. The summed E-state index contributed by atoms with van der Waals surface area (Å²) in [5.41, 5.74) is 6.14. The molecule has 1 amide bonds. The quantitative estimate of drug-likeness (QED) is 0.481. The number of nitrogens with one attached hydrogen (secondary N) is 2. The highest BCUT2D eigenvalue weighted by molar-refractivity contribution is 7.92. The molecule has 162 valence electrons. The van der Waals surface area contributed by atoms with Crippen LogP contribution in [0.15, 0.2) is 59.8 Å². The molecule has 0 atom stereocenters. The standard InChI is InChI=1S/C20H21N5O5S/c1-3-30-15-7-4-13(5-8-15)25-31(27,28)17-12-14(6-9-16(17)29-2)24-20(26)18-19(21)23-11-10-22-18/h4-12,25H,3H2,1-2H3,(H2,21,23)(H,24,26). The van der Waals surface area contributed by atoms with Crippen LogP contribution < -0.4 is 25.2 Å². The van der Waals surface area contributed by atoms with Gasteiger partial charge >= 0.3 is 0 Å². The van der Waals surface area contributed by atoms with Gasteiger partial charge in [0.1, 0.15) is 16.4 Å². The Morgan fingerprint density at radius 3 is 2.39 bits per heavy atom. The first-order valence-corrected chi connectivity index (χ1v) is 10.6. The zero-order chi connectivity index (χ0) is 22.4. The van der Waals surface area contributed by atoms with Crippen LogP contribution in [0.2, 0.25) is 0 Å². The highest BCUT2D eigenvalue weighted by Gasteiger charge is 2.22. The zero-order valence-corrected chi connectivity index (χ0v) is 17.6. The lowest BCUT2D eigenvalue weighted by atomic mass is 10.3. The van der Waals surface area contributed by atoms with E-state index in [4.69, 9.17) is 15.2 Å². The topological polar surface area (TPSA) is 146 Å². The molecular weight excluding hydrogens is 422 g/mol. The number of hydrogen-bond acceptors (Lipinski definition) is 8. The Hall–Kier alpha value is -3.86. The average Bonchev–Trinajstić information content (AvgIpc) is 2.75. The molecule has 0 saturated heterocycles. The van der Waals surface area contributed by atoms with Crippen LogP contribution in [0.4, 0.5) is 17.2 Å². The molecule has 31 heavy (non-hydrogen) atoms. The van der Waals surface area contributed by atoms with Gasteiger partial charge in [0.15, 0.2) is 11.5 Å². The molecule has 0 spiro atoms. The normalized spacial score (nSPS) is 10.9. The monoisotopic (exact) mass is 443 g/mol. The smallest absolute Gasteiger partial charge is 0.278 e. The lowest BCUT2D eigenvalue weighted by Crippen LogP contribution is -2.18. The Bertz CT molecular complexity index is 1180. The first-order chi connectivity index (χ1) is 14.8. The van der Waals surface area contributed by atoms with Crippen LogP contribution in [0.5, 0.6) is 11.5 Å². The van der Waals surface area contributed by atoms with Crippen molar-refractivity contribution in [1.29, 1.82) is 0 Å². The molecule has 11 heteroatoms. The minimum atomic E-state index is -4.03. The lowest BCUT2D eigenvalue weighted by molar-refractivity contribution is 0.102. The van der Waals surface area contributed by atoms with E-state index in [1.165, 1.54) is 37.7 Å². The molecule has 0 aliphatic heterocycles. The third-order valence-electron chi connectivity index (χ3n) is 4.07. The number of nitrogens with two attached hydrogens (primary N) is 1. The molecule has 1 heterocycles. The maximum atomic E-state index is 13.0. The Kier molecular flexibility index (Phi) is 6.55. The number of methoxy groups -OCH3 is 1. The van der Waals surface area contributed by atoms with Gasteiger partial charge in [-0.25, -0.2) is 18.4 Å². The van der Waals surface area contributed by atoms with Crippen molar-refractivity contribution in [2.75, 3.05) is 29.5 Å². The Morgan fingerprint density at radius 1 is 1.06 bits per heavy atom. The summed E-state index contributed by atoms with van der Waals surface area (Å²) in [6.45, 7) is 2.36. The number of carbonyl (C=O) groups excluding carboxylic acids is 1. The number of nitrogens with zero attached hydrogens (tertiary/aromatic N) is 2. The van der Waals surface area contributed by atoms with Gasteiger partial charge in [-0.05, 0) is 49.4 Å². The minimum Gasteiger partial charge on any atom is -0.495 e. The predicted molar refractivity (Wildman–Crippen MR) is 116 cm³/mol. The molecule has 0 radical (unpaired) electrons. The number of amides is 1. The number of carbonyl (C=O) groups is 1. The SMILES string of the molecule is CCOc1ccc(NS(=O)(=O)c2cc(NC(=O)c3nccnc3N)ccc2OC)cc1. The van der Waals surface area contributed by atoms with Crippen molar-refractivity contribution in [1.82, 2.24) is 9.97 Å². The second-order valence-electron chi connectivity index (χ2n) is 6.17. The van der Waals surface area contributed by atoms with Crippen LogP contribution >= 0.6 is 0 Å². The van der Waals surface area contributed by atoms with E-state index < -0.39 is 15.9 Å². The van der Waals surface area contributed by atoms with Crippen LogP contribution in [0.25, 0.3) is 0 Å². The number of ether oxygens (including phenoxy) is 2. The largest absolute Gasteiger partial charge is 0.495 e. The summed E-state index contributed by atoms with van der Waals surface area (Å²) in [5, 5.41) is 2.56. The number of nitrogen functional groups attached to an aromatic ring is 1. The Balaban J connectivity index is 1.87. The number of hydrogen-bond donors (Lipinski definition) is 3. The Morgan fingerprint density at radius 2 is 1.74 bits per heavy atom. The molecular formula is C20H21N5O5S. The van der Waals surface area contributed by atoms with Crippen molar-refractivity contribution in [3.8, 4) is 11.5 Å². The summed E-state index contributed by atoms with van der Waals surface area (Å²) >= 11 is 0. The van der Waals surface area contributed by atoms with Crippen molar-refractivity contribution in [3.63, 3.8) is 0 Å². The fourth-order valence-corrected chi connectivity index (χ4v) is 3.93. The molecule has 0 saturated carbocycles. The number of benzene rings is 2. The van der Waals surface area contributed by atoms with E-state index in [-0.39, 0.29) is 27.8 Å². The third kappa shape index (κ3) is 5.20. The predicted octanol–water partition coefficient (Wildman–Crippen LogP) is 2.52. The van der Waals surface area contributed by atoms with E-state index in [1.807, 2.05) is 6.92 Å². The van der Waals surface area contributed by atoms with Crippen molar-refractivity contribution in [2.24, 2.45) is 0 Å². The van der Waals surface area contributed by atoms with Gasteiger partial charge in [0.25, 0.3) is 15.9 Å². The van der Waals surface area contributed by atoms with E-state index in [9.17, 15) is 13.2 Å². The van der Waals surface area contributed by atoms with Gasteiger partial charge in [-0.3, -0.25) is 9.52 Å².